The zero-order valence-electron chi connectivity index (χ0n) is 75.5. The minimum atomic E-state index is -1.28. The van der Waals surface area contributed by atoms with E-state index in [0.29, 0.717) is 42.7 Å². The van der Waals surface area contributed by atoms with Crippen molar-refractivity contribution in [2.75, 3.05) is 20.1 Å². The Morgan fingerprint density at radius 1 is 0.333 bits per heavy atom. The molecular formula is C103H111F3N14O15. The van der Waals surface area contributed by atoms with Crippen LogP contribution in [0, 0.1) is 52.1 Å². The van der Waals surface area contributed by atoms with Crippen LogP contribution in [-0.2, 0) is 39.0 Å². The number of ether oxygens (including phenoxy) is 5. The molecule has 3 aliphatic heterocycles. The number of hydrogen-bond acceptors (Lipinski definition) is 24. The van der Waals surface area contributed by atoms with Crippen molar-refractivity contribution in [3.63, 3.8) is 0 Å². The highest BCUT2D eigenvalue weighted by Gasteiger charge is 2.50. The Kier molecular flexibility index (Phi) is 26.4. The number of aliphatic hydroxyl groups is 10. The van der Waals surface area contributed by atoms with E-state index in [1.54, 1.807) is 35.6 Å². The molecule has 8 aliphatic rings. The van der Waals surface area contributed by atoms with E-state index in [2.05, 4.69) is 77.6 Å². The fourth-order valence-electron chi connectivity index (χ4n) is 20.7. The maximum atomic E-state index is 13.8. The molecule has 15 aromatic rings. The van der Waals surface area contributed by atoms with Gasteiger partial charge in [0.15, 0.2) is 17.4 Å². The first-order valence-electron chi connectivity index (χ1n) is 46.0. The van der Waals surface area contributed by atoms with Crippen molar-refractivity contribution in [2.24, 2.45) is 0 Å². The number of pyridine rings is 4. The monoisotopic (exact) mass is 1840 g/mol. The van der Waals surface area contributed by atoms with Crippen LogP contribution >= 0.6 is 0 Å². The van der Waals surface area contributed by atoms with Crippen LogP contribution in [0.2, 0.25) is 0 Å². The molecule has 23 rings (SSSR count). The van der Waals surface area contributed by atoms with Gasteiger partial charge in [-0.25, -0.2) is 43.1 Å². The molecule has 12 N–H and O–H groups in total. The Hall–Kier alpha value is -12.3. The number of likely N-dealkylation sites (N-methyl/N-ethyl adjacent to an activating group) is 1. The van der Waals surface area contributed by atoms with Gasteiger partial charge in [0.1, 0.15) is 155 Å². The minimum absolute atomic E-state index is 0.190. The summed E-state index contributed by atoms with van der Waals surface area (Å²) in [4.78, 5) is 28.6. The van der Waals surface area contributed by atoms with Crippen LogP contribution in [-0.4, -0.2) is 220 Å². The van der Waals surface area contributed by atoms with Crippen molar-refractivity contribution >= 4 is 55.2 Å². The number of aryl methyl sites for hydroxylation is 5. The first-order chi connectivity index (χ1) is 65.3. The number of aliphatic hydroxyl groups excluding tert-OH is 10. The molecule has 0 radical (unpaired) electrons. The SMILES string of the molecule is Cc1ccnc2c1ccn2[C@@H]1C[C@H](Oc2c(F)cccc2F)[C@@H](O)[C@H]1O.Cc1ccnc2c1ccn2[C@@H]1C[C@H](Oc2cccc3c2CN(C)CC3)[C@@H](O)[C@H]1O.Cc1ccnc2c1ccn2[C@@H]1C[C@H](Oc2cccc3c2CNC3)[C@@H](O)[C@H]1O.Cc1ccnc2c1ccn2[C@@H]1C[C@H](Oc2cccc3c2CNCC3)[C@@H](O)[C@H]1O.Cc1ncnc2c1ccn2[C@@H]1C[C@H](Oc2ccc(F)cc2)[C@@H](O)[C@H]1O. The Bertz CT molecular complexity index is 6750. The second-order valence-corrected chi connectivity index (χ2v) is 36.7. The van der Waals surface area contributed by atoms with Gasteiger partial charge in [0.2, 0.25) is 0 Å². The summed E-state index contributed by atoms with van der Waals surface area (Å²) in [6, 6.07) is 43.2. The molecule has 704 valence electrons. The second kappa shape index (κ2) is 38.9. The lowest BCUT2D eigenvalue weighted by atomic mass is 9.99. The molecule has 13 heterocycles. The van der Waals surface area contributed by atoms with Crippen molar-refractivity contribution in [1.29, 1.82) is 0 Å². The van der Waals surface area contributed by atoms with Crippen LogP contribution in [0.1, 0.15) is 124 Å². The molecule has 29 nitrogen and oxygen atoms in total. The number of rotatable bonds is 15. The Morgan fingerprint density at radius 3 is 1.10 bits per heavy atom. The summed E-state index contributed by atoms with van der Waals surface area (Å²) in [5.74, 6) is 0.263. The number of nitrogens with one attached hydrogen (secondary N) is 2. The van der Waals surface area contributed by atoms with E-state index in [0.717, 1.165) is 164 Å². The summed E-state index contributed by atoms with van der Waals surface area (Å²) in [7, 11) is 2.11. The second-order valence-electron chi connectivity index (χ2n) is 36.7. The van der Waals surface area contributed by atoms with Crippen molar-refractivity contribution in [3.05, 3.63) is 293 Å². The lowest BCUT2D eigenvalue weighted by molar-refractivity contribution is -0.0181. The van der Waals surface area contributed by atoms with Crippen LogP contribution in [0.3, 0.4) is 0 Å². The van der Waals surface area contributed by atoms with E-state index >= 15 is 0 Å². The van der Waals surface area contributed by atoms with E-state index in [1.165, 1.54) is 58.9 Å². The normalized spacial score (nSPS) is 26.7. The zero-order chi connectivity index (χ0) is 93.9. The van der Waals surface area contributed by atoms with Gasteiger partial charge in [-0.05, 0) is 209 Å². The summed E-state index contributed by atoms with van der Waals surface area (Å²) < 4.78 is 80.1. The van der Waals surface area contributed by atoms with Crippen molar-refractivity contribution in [3.8, 4) is 28.7 Å². The van der Waals surface area contributed by atoms with Gasteiger partial charge in [0.05, 0.1) is 35.9 Å². The highest BCUT2D eigenvalue weighted by molar-refractivity contribution is 5.83. The first-order valence-corrected chi connectivity index (χ1v) is 46.0. The molecule has 0 spiro atoms. The van der Waals surface area contributed by atoms with Crippen molar-refractivity contribution in [1.82, 2.24) is 68.3 Å². The average molecular weight is 1840 g/mol. The molecule has 0 bridgehead atoms. The fourth-order valence-corrected chi connectivity index (χ4v) is 20.7. The van der Waals surface area contributed by atoms with E-state index in [1.807, 2.05) is 162 Å². The van der Waals surface area contributed by atoms with Crippen LogP contribution < -0.4 is 34.3 Å². The topological polar surface area (TPSA) is 378 Å². The van der Waals surface area contributed by atoms with Crippen molar-refractivity contribution in [2.45, 2.75) is 228 Å². The molecule has 5 fully saturated rings. The molecule has 20 atom stereocenters. The third-order valence-electron chi connectivity index (χ3n) is 28.3. The molecule has 0 unspecified atom stereocenters. The van der Waals surface area contributed by atoms with Crippen LogP contribution in [0.4, 0.5) is 13.2 Å². The number of benzene rings is 5. The smallest absolute Gasteiger partial charge is 0.191 e. The van der Waals surface area contributed by atoms with Gasteiger partial charge in [-0.3, -0.25) is 0 Å². The summed E-state index contributed by atoms with van der Waals surface area (Å²) in [5, 5.41) is 118. The predicted molar refractivity (Wildman–Crippen MR) is 499 cm³/mol. The van der Waals surface area contributed by atoms with Crippen molar-refractivity contribution < 1.29 is 87.9 Å². The average Bonchev–Trinajstić information content (AvgIpc) is 1.63. The molecular weight excluding hydrogens is 1730 g/mol. The molecule has 10 aromatic heterocycles. The quantitative estimate of drug-likeness (QED) is 0.0453. The summed E-state index contributed by atoms with van der Waals surface area (Å²) >= 11 is 0. The Balaban J connectivity index is 0.000000108. The van der Waals surface area contributed by atoms with Crippen LogP contribution in [0.15, 0.2) is 214 Å². The van der Waals surface area contributed by atoms with E-state index in [9.17, 15) is 64.2 Å². The highest BCUT2D eigenvalue weighted by atomic mass is 19.1. The third-order valence-corrected chi connectivity index (χ3v) is 28.3. The molecule has 5 aromatic carbocycles. The number of nitrogens with zero attached hydrogens (tertiary/aromatic N) is 12. The maximum Gasteiger partial charge on any atom is 0.191 e. The largest absolute Gasteiger partial charge is 0.488 e. The summed E-state index contributed by atoms with van der Waals surface area (Å²) in [5.41, 5.74) is 16.5. The summed E-state index contributed by atoms with van der Waals surface area (Å²) in [6.45, 7) is 15.2. The number of halogens is 3. The number of para-hydroxylation sites is 1. The molecule has 32 heteroatoms. The third kappa shape index (κ3) is 18.1. The zero-order valence-corrected chi connectivity index (χ0v) is 75.5. The molecule has 5 aliphatic carbocycles. The van der Waals surface area contributed by atoms with Gasteiger partial charge in [0.25, 0.3) is 0 Å². The van der Waals surface area contributed by atoms with E-state index in [4.69, 9.17) is 23.7 Å². The van der Waals surface area contributed by atoms with Crippen LogP contribution in [0.5, 0.6) is 28.7 Å². The van der Waals surface area contributed by atoms with E-state index in [-0.39, 0.29) is 36.4 Å². The molecule has 135 heavy (non-hydrogen) atoms. The lowest BCUT2D eigenvalue weighted by Gasteiger charge is -2.28. The van der Waals surface area contributed by atoms with Gasteiger partial charge in [-0.15, -0.1) is 0 Å². The standard InChI is InChI=1S/C23H27N3O3.C22H25N3O3.C21H23N3O3.C19H18F2N2O3.C18H18FN3O3/c1-14-6-9-24-23-16(14)8-11-26(23)18-12-20(22(28)21(18)27)29-19-5-3-4-15-7-10-25(2)13-17(15)19;1-13-5-9-24-22-15(13)7-10-25(22)17-11-19(21(27)20(17)26)28-18-4-2-3-14-6-8-23-12-16(14)18;1-12-5-7-23-21-14(12)6-8-24(21)16-9-18(20(26)19(16)25)27-17-4-2-3-13-10-22-11-15(13)17;1-10-5-7-22-19-11(10)6-8-23(19)14-9-15(17(25)16(14)24)26-18-12(20)3-2-4-13(18)21;1-10-13-6-7-22(18(13)21-9-20-10)14-8-15(17(24)16(14)23)25-12-4-2-11(19)3-5-12/h3-6,8-9,11,18,20-22,27-28H,7,10,12-13H2,1-2H3;2-5,7,9-10,17,19-21,23,26-27H,6,8,11-12H2,1H3;2-8,16,18-20,22,25-26H,9-11H2,1H3;2-8,14-17,24-25H,9H2,1H3;2-7,9,14-17,23-24H,8H2,1H3/t18-,20+,21+,22-;17-,19+,20+,21-;16-,18+,19+,20-;2*14-,15+,16+,17-/m11111/s1. The maximum absolute atomic E-state index is 13.8. The number of hydrogen-bond donors (Lipinski definition) is 12. The fraction of sp³-hybridized carbons (Fsp3) is 0.379. The Morgan fingerprint density at radius 2 is 0.681 bits per heavy atom. The molecule has 5 saturated carbocycles. The predicted octanol–water partition coefficient (Wildman–Crippen LogP) is 11.3. The Labute approximate surface area is 776 Å². The molecule has 0 saturated heterocycles. The number of fused-ring (bicyclic) bond motifs is 8. The first kappa shape index (κ1) is 91.8. The highest BCUT2D eigenvalue weighted by Crippen LogP contribution is 2.45. The van der Waals surface area contributed by atoms with Gasteiger partial charge in [0, 0.05) is 164 Å². The number of aromatic nitrogens is 11. The van der Waals surface area contributed by atoms with E-state index < -0.39 is 115 Å². The lowest BCUT2D eigenvalue weighted by Crippen LogP contribution is -2.35. The minimum Gasteiger partial charge on any atom is -0.488 e. The van der Waals surface area contributed by atoms with Gasteiger partial charge in [-0.1, -0.05) is 42.5 Å². The van der Waals surface area contributed by atoms with Gasteiger partial charge in [-0.2, -0.15) is 0 Å². The van der Waals surface area contributed by atoms with Gasteiger partial charge < -0.3 is 113 Å². The molecule has 0 amide bonds. The van der Waals surface area contributed by atoms with Crippen LogP contribution in [0.25, 0.3) is 55.2 Å². The van der Waals surface area contributed by atoms with Gasteiger partial charge >= 0.3 is 0 Å². The summed E-state index contributed by atoms with van der Waals surface area (Å²) in [6.07, 6.45) is 9.22.